The topological polar surface area (TPSA) is 72.8 Å². The Morgan fingerprint density at radius 2 is 1.83 bits per heavy atom. The maximum absolute atomic E-state index is 12.2. The van der Waals surface area contributed by atoms with Gasteiger partial charge in [-0.2, -0.15) is 0 Å². The maximum atomic E-state index is 12.2. The highest BCUT2D eigenvalue weighted by atomic mass is 16.5. The molecule has 0 bridgehead atoms. The normalized spacial score (nSPS) is 10.5. The molecule has 0 spiro atoms. The highest BCUT2D eigenvalue weighted by Gasteiger charge is 2.05. The highest BCUT2D eigenvalue weighted by Crippen LogP contribution is 2.16. The molecule has 5 nitrogen and oxygen atoms in total. The summed E-state index contributed by atoms with van der Waals surface area (Å²) < 4.78 is 10.2. The molecule has 0 heterocycles. The monoisotopic (exact) mass is 312 g/mol. The van der Waals surface area contributed by atoms with Crippen LogP contribution in [0.1, 0.15) is 15.9 Å². The van der Waals surface area contributed by atoms with Crippen LogP contribution in [0.2, 0.25) is 0 Å². The Bertz CT molecular complexity index is 734. The lowest BCUT2D eigenvalue weighted by Gasteiger charge is -2.04. The minimum atomic E-state index is -1.07. The Kier molecular flexibility index (Phi) is 5.52. The molecule has 2 aromatic carbocycles. The number of hydrogen-bond donors (Lipinski definition) is 1. The summed E-state index contributed by atoms with van der Waals surface area (Å²) in [6.07, 6.45) is 3.14. The van der Waals surface area contributed by atoms with Crippen LogP contribution in [-0.4, -0.2) is 30.6 Å². The second-order valence-corrected chi connectivity index (χ2v) is 4.68. The molecule has 0 saturated carbocycles. The number of aliphatic carboxylic acids is 1. The van der Waals surface area contributed by atoms with Crippen LogP contribution < -0.4 is 9.47 Å². The molecule has 0 atom stereocenters. The number of carboxylic acid groups (broad SMARTS) is 1. The van der Waals surface area contributed by atoms with Gasteiger partial charge in [-0.3, -0.25) is 4.79 Å². The zero-order valence-corrected chi connectivity index (χ0v) is 12.6. The van der Waals surface area contributed by atoms with Gasteiger partial charge in [0.15, 0.2) is 12.4 Å². The SMILES string of the molecule is COc1cccc(/C=C/C(=O)c2cccc(OCC(=O)O)c2)c1. The van der Waals surface area contributed by atoms with E-state index in [-0.39, 0.29) is 5.78 Å². The zero-order chi connectivity index (χ0) is 16.7. The molecule has 0 radical (unpaired) electrons. The van der Waals surface area contributed by atoms with E-state index >= 15 is 0 Å². The van der Waals surface area contributed by atoms with E-state index in [0.29, 0.717) is 17.1 Å². The Morgan fingerprint density at radius 1 is 1.09 bits per heavy atom. The molecule has 0 aromatic heterocycles. The summed E-state index contributed by atoms with van der Waals surface area (Å²) in [6.45, 7) is -0.447. The number of benzene rings is 2. The first kappa shape index (κ1) is 16.3. The maximum Gasteiger partial charge on any atom is 0.341 e. The van der Waals surface area contributed by atoms with Gasteiger partial charge < -0.3 is 14.6 Å². The summed E-state index contributed by atoms with van der Waals surface area (Å²) in [5, 5.41) is 8.59. The molecule has 0 amide bonds. The van der Waals surface area contributed by atoms with Crippen molar-refractivity contribution in [3.8, 4) is 11.5 Å². The number of ether oxygens (including phenoxy) is 2. The molecule has 2 aromatic rings. The Hall–Kier alpha value is -3.08. The van der Waals surface area contributed by atoms with Crippen molar-refractivity contribution in [2.24, 2.45) is 0 Å². The predicted octanol–water partition coefficient (Wildman–Crippen LogP) is 3.05. The van der Waals surface area contributed by atoms with E-state index in [2.05, 4.69) is 0 Å². The highest BCUT2D eigenvalue weighted by molar-refractivity contribution is 6.07. The summed E-state index contributed by atoms with van der Waals surface area (Å²) in [4.78, 5) is 22.7. The molecule has 0 aliphatic rings. The van der Waals surface area contributed by atoms with Gasteiger partial charge in [0.05, 0.1) is 7.11 Å². The molecular formula is C18H16O5. The number of carbonyl (C=O) groups is 2. The van der Waals surface area contributed by atoms with Crippen molar-refractivity contribution in [3.05, 3.63) is 65.7 Å². The molecular weight excluding hydrogens is 296 g/mol. The van der Waals surface area contributed by atoms with Crippen molar-refractivity contribution in [2.45, 2.75) is 0 Å². The fourth-order valence-corrected chi connectivity index (χ4v) is 1.90. The summed E-state index contributed by atoms with van der Waals surface area (Å²) in [5.74, 6) is -0.218. The van der Waals surface area contributed by atoms with Crippen LogP contribution in [0.3, 0.4) is 0 Å². The first-order valence-electron chi connectivity index (χ1n) is 6.89. The third-order valence-corrected chi connectivity index (χ3v) is 3.00. The Morgan fingerprint density at radius 3 is 2.57 bits per heavy atom. The summed E-state index contributed by atoms with van der Waals surface area (Å²) in [6, 6.07) is 13.7. The number of methoxy groups -OCH3 is 1. The Labute approximate surface area is 133 Å². The van der Waals surface area contributed by atoms with E-state index in [0.717, 1.165) is 5.56 Å². The van der Waals surface area contributed by atoms with Gasteiger partial charge in [0.1, 0.15) is 11.5 Å². The van der Waals surface area contributed by atoms with Crippen LogP contribution in [0.15, 0.2) is 54.6 Å². The predicted molar refractivity (Wildman–Crippen MR) is 85.9 cm³/mol. The van der Waals surface area contributed by atoms with Gasteiger partial charge >= 0.3 is 5.97 Å². The molecule has 1 N–H and O–H groups in total. The van der Waals surface area contributed by atoms with E-state index in [4.69, 9.17) is 14.6 Å². The van der Waals surface area contributed by atoms with Crippen molar-refractivity contribution >= 4 is 17.8 Å². The average molecular weight is 312 g/mol. The minimum absolute atomic E-state index is 0.200. The molecule has 0 fully saturated rings. The fraction of sp³-hybridized carbons (Fsp3) is 0.111. The van der Waals surface area contributed by atoms with Crippen LogP contribution in [0.4, 0.5) is 0 Å². The molecule has 0 aliphatic carbocycles. The van der Waals surface area contributed by atoms with Crippen molar-refractivity contribution in [1.29, 1.82) is 0 Å². The van der Waals surface area contributed by atoms with Gasteiger partial charge in [-0.25, -0.2) is 4.79 Å². The van der Waals surface area contributed by atoms with E-state index in [1.165, 1.54) is 12.1 Å². The third-order valence-electron chi connectivity index (χ3n) is 3.00. The van der Waals surface area contributed by atoms with E-state index < -0.39 is 12.6 Å². The smallest absolute Gasteiger partial charge is 0.341 e. The number of carbonyl (C=O) groups excluding carboxylic acids is 1. The Balaban J connectivity index is 2.09. The second kappa shape index (κ2) is 7.79. The van der Waals surface area contributed by atoms with Crippen LogP contribution in [-0.2, 0) is 4.79 Å². The van der Waals surface area contributed by atoms with E-state index in [9.17, 15) is 9.59 Å². The lowest BCUT2D eigenvalue weighted by Crippen LogP contribution is -2.09. The van der Waals surface area contributed by atoms with Gasteiger partial charge in [-0.05, 0) is 35.9 Å². The lowest BCUT2D eigenvalue weighted by atomic mass is 10.1. The molecule has 2 rings (SSSR count). The van der Waals surface area contributed by atoms with Crippen LogP contribution in [0.5, 0.6) is 11.5 Å². The number of ketones is 1. The lowest BCUT2D eigenvalue weighted by molar-refractivity contribution is -0.139. The van der Waals surface area contributed by atoms with Gasteiger partial charge in [0, 0.05) is 5.56 Å². The number of carboxylic acids is 1. The van der Waals surface area contributed by atoms with Crippen molar-refractivity contribution in [2.75, 3.05) is 13.7 Å². The summed E-state index contributed by atoms with van der Waals surface area (Å²) in [7, 11) is 1.58. The van der Waals surface area contributed by atoms with Crippen LogP contribution in [0.25, 0.3) is 6.08 Å². The molecule has 0 unspecified atom stereocenters. The van der Waals surface area contributed by atoms with Crippen LogP contribution in [0, 0.1) is 0 Å². The number of hydrogen-bond acceptors (Lipinski definition) is 4. The minimum Gasteiger partial charge on any atom is -0.497 e. The average Bonchev–Trinajstić information content (AvgIpc) is 2.58. The van der Waals surface area contributed by atoms with Crippen molar-refractivity contribution in [3.63, 3.8) is 0 Å². The molecule has 23 heavy (non-hydrogen) atoms. The number of allylic oxidation sites excluding steroid dienone is 1. The third kappa shape index (κ3) is 5.00. The molecule has 5 heteroatoms. The summed E-state index contributed by atoms with van der Waals surface area (Å²) >= 11 is 0. The van der Waals surface area contributed by atoms with Crippen LogP contribution >= 0.6 is 0 Å². The zero-order valence-electron chi connectivity index (χ0n) is 12.6. The van der Waals surface area contributed by atoms with Gasteiger partial charge in [-0.1, -0.05) is 30.3 Å². The first-order chi connectivity index (χ1) is 11.1. The van der Waals surface area contributed by atoms with Gasteiger partial charge in [0.25, 0.3) is 0 Å². The standard InChI is InChI=1S/C18H16O5/c1-22-15-6-2-4-13(10-15)8-9-17(19)14-5-3-7-16(11-14)23-12-18(20)21/h2-11H,12H2,1H3,(H,20,21)/b9-8+. The first-order valence-corrected chi connectivity index (χ1v) is 6.89. The van der Waals surface area contributed by atoms with E-state index in [1.807, 2.05) is 24.3 Å². The van der Waals surface area contributed by atoms with Gasteiger partial charge in [0.2, 0.25) is 0 Å². The number of rotatable bonds is 7. The summed E-state index contributed by atoms with van der Waals surface area (Å²) in [5.41, 5.74) is 1.27. The van der Waals surface area contributed by atoms with Gasteiger partial charge in [-0.15, -0.1) is 0 Å². The molecule has 118 valence electrons. The second-order valence-electron chi connectivity index (χ2n) is 4.68. The quantitative estimate of drug-likeness (QED) is 0.628. The molecule has 0 aliphatic heterocycles. The molecule has 0 saturated heterocycles. The van der Waals surface area contributed by atoms with Crippen molar-refractivity contribution in [1.82, 2.24) is 0 Å². The largest absolute Gasteiger partial charge is 0.497 e. The fourth-order valence-electron chi connectivity index (χ4n) is 1.90. The van der Waals surface area contributed by atoms with Crippen molar-refractivity contribution < 1.29 is 24.2 Å². The van der Waals surface area contributed by atoms with E-state index in [1.54, 1.807) is 31.4 Å².